The van der Waals surface area contributed by atoms with E-state index in [-0.39, 0.29) is 0 Å². The van der Waals surface area contributed by atoms with Crippen molar-refractivity contribution in [3.8, 4) is 0 Å². The van der Waals surface area contributed by atoms with Crippen molar-refractivity contribution in [3.63, 3.8) is 0 Å². The van der Waals surface area contributed by atoms with Crippen molar-refractivity contribution < 1.29 is 0 Å². The van der Waals surface area contributed by atoms with Crippen molar-refractivity contribution in [2.75, 3.05) is 12.8 Å². The Bertz CT molecular complexity index is 193. The Hall–Kier alpha value is 0.430. The first kappa shape index (κ1) is 15.4. The third kappa shape index (κ3) is 3.74. The van der Waals surface area contributed by atoms with Crippen LogP contribution in [0.25, 0.3) is 0 Å². The molecule has 0 fully saturated rings. The third-order valence-corrected chi connectivity index (χ3v) is 11.3. The second-order valence-electron chi connectivity index (χ2n) is 8.25. The molecule has 0 rings (SSSR count). The predicted octanol–water partition coefficient (Wildman–Crippen LogP) is 5.28. The molecule has 0 radical (unpaired) electrons. The second-order valence-corrected chi connectivity index (χ2v) is 13.6. The monoisotopic (exact) mass is 231 g/mol. The fourth-order valence-corrected chi connectivity index (χ4v) is 7.29. The zero-order valence-electron chi connectivity index (χ0n) is 12.7. The van der Waals surface area contributed by atoms with Gasteiger partial charge in [0, 0.05) is 13.9 Å². The summed E-state index contributed by atoms with van der Waals surface area (Å²) in [6.45, 7) is 24.3. The van der Waals surface area contributed by atoms with Crippen LogP contribution in [0.2, 0.25) is 0 Å². The van der Waals surface area contributed by atoms with Gasteiger partial charge in [-0.1, -0.05) is 20.8 Å². The average Bonchev–Trinajstić information content (AvgIpc) is 1.77. The van der Waals surface area contributed by atoms with E-state index in [4.69, 9.17) is 0 Å². The molecule has 1 heteroatoms. The van der Waals surface area contributed by atoms with Crippen LogP contribution >= 0.6 is 7.26 Å². The van der Waals surface area contributed by atoms with Crippen LogP contribution in [0, 0.1) is 5.41 Å². The van der Waals surface area contributed by atoms with Crippen molar-refractivity contribution in [1.82, 2.24) is 0 Å². The molecule has 0 aromatic heterocycles. The van der Waals surface area contributed by atoms with Gasteiger partial charge in [-0.15, -0.1) is 0 Å². The fourth-order valence-electron chi connectivity index (χ4n) is 2.43. The lowest BCUT2D eigenvalue weighted by Gasteiger charge is -2.47. The van der Waals surface area contributed by atoms with Gasteiger partial charge in [0.15, 0.2) is 0 Å². The maximum Gasteiger partial charge on any atom is 0.0718 e. The first-order valence-corrected chi connectivity index (χ1v) is 8.49. The summed E-state index contributed by atoms with van der Waals surface area (Å²) in [6.07, 6.45) is 1.38. The van der Waals surface area contributed by atoms with E-state index >= 15 is 0 Å². The van der Waals surface area contributed by atoms with Gasteiger partial charge >= 0.3 is 0 Å². The molecule has 0 saturated carbocycles. The van der Waals surface area contributed by atoms with Crippen molar-refractivity contribution in [2.45, 2.75) is 72.6 Å². The molecule has 0 N–H and O–H groups in total. The van der Waals surface area contributed by atoms with Gasteiger partial charge in [-0.05, 0) is 47.0 Å². The molecule has 0 amide bonds. The quantitative estimate of drug-likeness (QED) is 0.539. The maximum absolute atomic E-state index is 2.57. The van der Waals surface area contributed by atoms with Crippen molar-refractivity contribution in [1.29, 1.82) is 0 Å². The summed E-state index contributed by atoms with van der Waals surface area (Å²) >= 11 is 0. The predicted molar refractivity (Wildman–Crippen MR) is 76.7 cm³/mol. The lowest BCUT2D eigenvalue weighted by molar-refractivity contribution is 0.465. The van der Waals surface area contributed by atoms with Crippen molar-refractivity contribution in [3.05, 3.63) is 0 Å². The van der Waals surface area contributed by atoms with Gasteiger partial charge in [0.1, 0.15) is 0 Å². The molecule has 0 heterocycles. The number of hydrogen-bond donors (Lipinski definition) is 0. The highest BCUT2D eigenvalue weighted by Crippen LogP contribution is 2.75. The smallest absolute Gasteiger partial charge is 0.0567 e. The van der Waals surface area contributed by atoms with Gasteiger partial charge in [-0.25, -0.2) is 0 Å². The summed E-state index contributed by atoms with van der Waals surface area (Å²) in [6, 6.07) is 0. The van der Waals surface area contributed by atoms with Crippen LogP contribution in [0.3, 0.4) is 0 Å². The highest BCUT2D eigenvalue weighted by molar-refractivity contribution is 7.78. The van der Waals surface area contributed by atoms with E-state index in [1.54, 1.807) is 0 Å². The molecular weight excluding hydrogens is 199 g/mol. The first-order chi connectivity index (χ1) is 6.21. The Morgan fingerprint density at radius 3 is 1.00 bits per heavy atom. The summed E-state index contributed by atoms with van der Waals surface area (Å²) < 4.78 is 0. The first-order valence-electron chi connectivity index (χ1n) is 6.06. The molecule has 0 aliphatic rings. The summed E-state index contributed by atoms with van der Waals surface area (Å²) in [5, 5.41) is 0.914. The van der Waals surface area contributed by atoms with Crippen molar-refractivity contribution >= 4 is 7.26 Å². The number of rotatable bonds is 1. The molecule has 0 aliphatic heterocycles. The summed E-state index contributed by atoms with van der Waals surface area (Å²) in [5.41, 5.74) is 0.448. The second kappa shape index (κ2) is 4.02. The van der Waals surface area contributed by atoms with E-state index in [2.05, 4.69) is 69.0 Å². The summed E-state index contributed by atoms with van der Waals surface area (Å²) in [7, 11) is -0.959. The average molecular weight is 231 g/mol. The van der Waals surface area contributed by atoms with Crippen LogP contribution in [0.5, 0.6) is 0 Å². The lowest BCUT2D eigenvalue weighted by atomic mass is 10.0. The minimum absolute atomic E-state index is 0.448. The molecule has 0 spiro atoms. The zero-order valence-corrected chi connectivity index (χ0v) is 13.5. The molecule has 0 saturated heterocycles. The largest absolute Gasteiger partial charge is 0.0718 e. The van der Waals surface area contributed by atoms with Crippen LogP contribution in [0.4, 0.5) is 0 Å². The summed E-state index contributed by atoms with van der Waals surface area (Å²) in [5.74, 6) is 0. The lowest BCUT2D eigenvalue weighted by Crippen LogP contribution is -2.38. The Kier molecular flexibility index (Phi) is 4.14. The van der Waals surface area contributed by atoms with Crippen LogP contribution < -0.4 is 0 Å². The highest BCUT2D eigenvalue weighted by atomic mass is 31.2. The molecule has 92 valence electrons. The van der Waals surface area contributed by atoms with Gasteiger partial charge in [0.05, 0.1) is 16.5 Å². The number of hydrogen-bond acceptors (Lipinski definition) is 0. The van der Waals surface area contributed by atoms with Crippen LogP contribution in [-0.4, -0.2) is 23.1 Å². The van der Waals surface area contributed by atoms with E-state index < -0.39 is 7.26 Å². The van der Waals surface area contributed by atoms with Gasteiger partial charge in [0.25, 0.3) is 0 Å². The molecule has 0 aromatic carbocycles. The zero-order chi connectivity index (χ0) is 12.7. The van der Waals surface area contributed by atoms with Crippen LogP contribution in [0.15, 0.2) is 0 Å². The molecule has 15 heavy (non-hydrogen) atoms. The van der Waals surface area contributed by atoms with Crippen LogP contribution in [-0.2, 0) is 0 Å². The SMILES string of the molecule is CC(C)(C)C[P+](C)(C(C)(C)C)C(C)(C)C. The van der Waals surface area contributed by atoms with E-state index in [1.807, 2.05) is 0 Å². The molecule has 0 atom stereocenters. The molecule has 0 aliphatic carbocycles. The van der Waals surface area contributed by atoms with Crippen molar-refractivity contribution in [2.24, 2.45) is 5.41 Å². The Morgan fingerprint density at radius 2 is 0.933 bits per heavy atom. The van der Waals surface area contributed by atoms with E-state index in [9.17, 15) is 0 Å². The molecule has 0 nitrogen and oxygen atoms in total. The fraction of sp³-hybridized carbons (Fsp3) is 1.00. The molecule has 0 aromatic rings. The minimum atomic E-state index is -0.959. The standard InChI is InChI=1S/C14H32P/c1-12(2,3)11-15(10,13(4,5)6)14(7,8)9/h11H2,1-10H3/q+1. The van der Waals surface area contributed by atoms with Gasteiger partial charge in [-0.3, -0.25) is 0 Å². The Labute approximate surface area is 98.6 Å². The maximum atomic E-state index is 2.57. The Morgan fingerprint density at radius 1 is 0.667 bits per heavy atom. The van der Waals surface area contributed by atoms with E-state index in [0.29, 0.717) is 15.7 Å². The van der Waals surface area contributed by atoms with Crippen LogP contribution in [0.1, 0.15) is 62.3 Å². The van der Waals surface area contributed by atoms with Gasteiger partial charge in [-0.2, -0.15) is 0 Å². The Balaban J connectivity index is 5.26. The van der Waals surface area contributed by atoms with E-state index in [1.165, 1.54) is 6.16 Å². The normalized spacial score (nSPS) is 15.6. The highest BCUT2D eigenvalue weighted by Gasteiger charge is 2.55. The van der Waals surface area contributed by atoms with Gasteiger partial charge < -0.3 is 0 Å². The summed E-state index contributed by atoms with van der Waals surface area (Å²) in [4.78, 5) is 0. The van der Waals surface area contributed by atoms with Gasteiger partial charge in [0.2, 0.25) is 0 Å². The minimum Gasteiger partial charge on any atom is -0.0567 e. The molecule has 0 unspecified atom stereocenters. The third-order valence-electron chi connectivity index (χ3n) is 3.75. The molecular formula is C14H32P+. The van der Waals surface area contributed by atoms with E-state index in [0.717, 1.165) is 0 Å². The topological polar surface area (TPSA) is 0 Å². The molecule has 0 bridgehead atoms.